The summed E-state index contributed by atoms with van der Waals surface area (Å²) < 4.78 is 7.43. The van der Waals surface area contributed by atoms with Crippen LogP contribution in [0.5, 0.6) is 5.75 Å². The van der Waals surface area contributed by atoms with E-state index in [1.54, 1.807) is 18.0 Å². The van der Waals surface area contributed by atoms with Gasteiger partial charge in [-0.3, -0.25) is 4.40 Å². The number of nitrogens with one attached hydrogen (secondary N) is 1. The third-order valence-electron chi connectivity index (χ3n) is 3.38. The third kappa shape index (κ3) is 2.87. The summed E-state index contributed by atoms with van der Waals surface area (Å²) in [5.41, 5.74) is 2.90. The molecule has 0 amide bonds. The van der Waals surface area contributed by atoms with Gasteiger partial charge in [0.2, 0.25) is 5.78 Å². The molecule has 0 atom stereocenters. The van der Waals surface area contributed by atoms with Gasteiger partial charge in [-0.15, -0.1) is 0 Å². The van der Waals surface area contributed by atoms with Crippen molar-refractivity contribution < 1.29 is 4.74 Å². The largest absolute Gasteiger partial charge is 0.494 e. The van der Waals surface area contributed by atoms with Crippen LogP contribution in [0.15, 0.2) is 48.0 Å². The van der Waals surface area contributed by atoms with Crippen molar-refractivity contribution in [3.05, 3.63) is 48.5 Å². The second-order valence-electron chi connectivity index (χ2n) is 5.00. The maximum absolute atomic E-state index is 5.51. The van der Waals surface area contributed by atoms with Crippen molar-refractivity contribution in [3.8, 4) is 5.75 Å². The molecule has 0 saturated heterocycles. The van der Waals surface area contributed by atoms with Crippen molar-refractivity contribution in [2.24, 2.45) is 0 Å². The summed E-state index contributed by atoms with van der Waals surface area (Å²) in [6, 6.07) is 7.77. The normalized spacial score (nSPS) is 11.3. The van der Waals surface area contributed by atoms with Crippen molar-refractivity contribution in [3.63, 3.8) is 0 Å². The Hall–Kier alpha value is -2.54. The monoisotopic (exact) mass is 325 g/mol. The number of nitrogens with zero attached hydrogens (tertiary/aromatic N) is 4. The fourth-order valence-electron chi connectivity index (χ4n) is 2.38. The van der Waals surface area contributed by atoms with E-state index in [1.807, 2.05) is 48.0 Å². The first-order valence-corrected chi connectivity index (χ1v) is 8.34. The average Bonchev–Trinajstić information content (AvgIpc) is 3.15. The smallest absolute Gasteiger partial charge is 0.233 e. The molecule has 116 valence electrons. The molecule has 0 aliphatic heterocycles. The number of hydrogen-bond donors (Lipinski definition) is 1. The van der Waals surface area contributed by atoms with Crippen LogP contribution in [-0.4, -0.2) is 30.9 Å². The Morgan fingerprint density at radius 1 is 1.30 bits per heavy atom. The lowest BCUT2D eigenvalue weighted by Crippen LogP contribution is -1.90. The molecule has 3 heterocycles. The van der Waals surface area contributed by atoms with Gasteiger partial charge in [-0.1, -0.05) is 11.8 Å². The molecule has 0 aliphatic carbocycles. The molecule has 4 aromatic rings. The van der Waals surface area contributed by atoms with Crippen LogP contribution < -0.4 is 4.74 Å². The predicted molar refractivity (Wildman–Crippen MR) is 89.8 cm³/mol. The summed E-state index contributed by atoms with van der Waals surface area (Å²) in [6.07, 6.45) is 5.68. The molecule has 6 nitrogen and oxygen atoms in total. The molecule has 0 radical (unpaired) electrons. The Balaban J connectivity index is 1.52. The minimum absolute atomic E-state index is 0.656. The molecular weight excluding hydrogens is 310 g/mol. The molecule has 23 heavy (non-hydrogen) atoms. The number of thioether (sulfide) groups is 1. The van der Waals surface area contributed by atoms with Crippen LogP contribution in [0.4, 0.5) is 0 Å². The highest BCUT2D eigenvalue weighted by Crippen LogP contribution is 2.25. The zero-order chi connectivity index (χ0) is 15.6. The lowest BCUT2D eigenvalue weighted by Gasteiger charge is -2.00. The Morgan fingerprint density at radius 2 is 2.26 bits per heavy atom. The third-order valence-corrected chi connectivity index (χ3v) is 4.29. The standard InChI is InChI=1S/C16H15N5OS/c1-2-22-12-4-5-13-14(8-12)20-16(19-13)23-10-11-9-21-7-3-6-17-15(21)18-11/h3-9H,2,10H2,1H3,(H,19,20). The highest BCUT2D eigenvalue weighted by atomic mass is 32.2. The molecule has 0 fully saturated rings. The zero-order valence-electron chi connectivity index (χ0n) is 12.6. The fraction of sp³-hybridized carbons (Fsp3) is 0.188. The van der Waals surface area contributed by atoms with Crippen molar-refractivity contribution in [1.82, 2.24) is 24.3 Å². The van der Waals surface area contributed by atoms with Gasteiger partial charge in [0, 0.05) is 30.4 Å². The van der Waals surface area contributed by atoms with Crippen LogP contribution in [0, 0.1) is 0 Å². The van der Waals surface area contributed by atoms with Gasteiger partial charge in [0.15, 0.2) is 5.16 Å². The van der Waals surface area contributed by atoms with E-state index < -0.39 is 0 Å². The quantitative estimate of drug-likeness (QED) is 0.570. The number of imidazole rings is 2. The number of H-pyrrole nitrogens is 1. The molecule has 1 N–H and O–H groups in total. The molecule has 1 aromatic carbocycles. The van der Waals surface area contributed by atoms with Crippen molar-refractivity contribution in [2.45, 2.75) is 17.8 Å². The van der Waals surface area contributed by atoms with E-state index in [0.29, 0.717) is 12.4 Å². The minimum atomic E-state index is 0.656. The van der Waals surface area contributed by atoms with Gasteiger partial charge >= 0.3 is 0 Å². The average molecular weight is 325 g/mol. The van der Waals surface area contributed by atoms with E-state index in [4.69, 9.17) is 4.74 Å². The van der Waals surface area contributed by atoms with Crippen LogP contribution in [0.2, 0.25) is 0 Å². The van der Waals surface area contributed by atoms with Gasteiger partial charge in [-0.2, -0.15) is 0 Å². The van der Waals surface area contributed by atoms with E-state index in [1.165, 1.54) is 0 Å². The first-order chi connectivity index (χ1) is 11.3. The number of hydrogen-bond acceptors (Lipinski definition) is 5. The Bertz CT molecular complexity index is 928. The van der Waals surface area contributed by atoms with Crippen LogP contribution in [0.3, 0.4) is 0 Å². The van der Waals surface area contributed by atoms with Crippen molar-refractivity contribution in [2.75, 3.05) is 6.61 Å². The number of ether oxygens (including phenoxy) is 1. The molecule has 0 spiro atoms. The van der Waals surface area contributed by atoms with Gasteiger partial charge in [0.25, 0.3) is 0 Å². The molecule has 3 aromatic heterocycles. The first-order valence-electron chi connectivity index (χ1n) is 7.36. The van der Waals surface area contributed by atoms with Gasteiger partial charge in [-0.05, 0) is 25.1 Å². The fourth-order valence-corrected chi connectivity index (χ4v) is 3.15. The highest BCUT2D eigenvalue weighted by Gasteiger charge is 2.07. The summed E-state index contributed by atoms with van der Waals surface area (Å²) >= 11 is 1.62. The predicted octanol–water partition coefficient (Wildman–Crippen LogP) is 3.30. The van der Waals surface area contributed by atoms with Gasteiger partial charge < -0.3 is 9.72 Å². The van der Waals surface area contributed by atoms with Crippen molar-refractivity contribution >= 4 is 28.6 Å². The molecular formula is C16H15N5OS. The number of rotatable bonds is 5. The Labute approximate surface area is 136 Å². The molecule has 0 bridgehead atoms. The van der Waals surface area contributed by atoms with Crippen LogP contribution >= 0.6 is 11.8 Å². The van der Waals surface area contributed by atoms with Crippen molar-refractivity contribution in [1.29, 1.82) is 0 Å². The number of aromatic amines is 1. The summed E-state index contributed by atoms with van der Waals surface area (Å²) in [5.74, 6) is 2.31. The SMILES string of the molecule is CCOc1ccc2nc(SCc3cn4cccnc4n3)[nH]c2c1. The second kappa shape index (κ2) is 5.92. The maximum Gasteiger partial charge on any atom is 0.233 e. The van der Waals surface area contributed by atoms with Crippen LogP contribution in [-0.2, 0) is 5.75 Å². The van der Waals surface area contributed by atoms with E-state index in [-0.39, 0.29) is 0 Å². The van der Waals surface area contributed by atoms with E-state index in [9.17, 15) is 0 Å². The summed E-state index contributed by atoms with van der Waals surface area (Å²) in [5, 5.41) is 0.874. The van der Waals surface area contributed by atoms with E-state index >= 15 is 0 Å². The minimum Gasteiger partial charge on any atom is -0.494 e. The topological polar surface area (TPSA) is 68.1 Å². The highest BCUT2D eigenvalue weighted by molar-refractivity contribution is 7.98. The van der Waals surface area contributed by atoms with Crippen LogP contribution in [0.25, 0.3) is 16.8 Å². The summed E-state index contributed by atoms with van der Waals surface area (Å²) in [6.45, 7) is 2.63. The van der Waals surface area contributed by atoms with Gasteiger partial charge in [-0.25, -0.2) is 15.0 Å². The second-order valence-corrected chi connectivity index (χ2v) is 5.97. The Kier molecular flexibility index (Phi) is 3.63. The maximum atomic E-state index is 5.51. The van der Waals surface area contributed by atoms with E-state index in [2.05, 4.69) is 19.9 Å². The van der Waals surface area contributed by atoms with E-state index in [0.717, 1.165) is 33.4 Å². The number of benzene rings is 1. The molecule has 0 aliphatic rings. The van der Waals surface area contributed by atoms with Gasteiger partial charge in [0.1, 0.15) is 5.75 Å². The Morgan fingerprint density at radius 3 is 3.13 bits per heavy atom. The lowest BCUT2D eigenvalue weighted by atomic mass is 10.3. The molecule has 7 heteroatoms. The molecule has 0 unspecified atom stereocenters. The molecule has 0 saturated carbocycles. The lowest BCUT2D eigenvalue weighted by molar-refractivity contribution is 0.340. The first kappa shape index (κ1) is 14.1. The number of aromatic nitrogens is 5. The summed E-state index contributed by atoms with van der Waals surface area (Å²) in [4.78, 5) is 16.6. The van der Waals surface area contributed by atoms with Crippen LogP contribution in [0.1, 0.15) is 12.6 Å². The zero-order valence-corrected chi connectivity index (χ0v) is 13.4. The van der Waals surface area contributed by atoms with Gasteiger partial charge in [0.05, 0.1) is 23.3 Å². The number of fused-ring (bicyclic) bond motifs is 2. The molecule has 4 rings (SSSR count). The summed E-state index contributed by atoms with van der Waals surface area (Å²) in [7, 11) is 0.